The van der Waals surface area contributed by atoms with Gasteiger partial charge in [0.2, 0.25) is 0 Å². The van der Waals surface area contributed by atoms with Crippen molar-refractivity contribution in [1.82, 2.24) is 4.90 Å². The summed E-state index contributed by atoms with van der Waals surface area (Å²) in [7, 11) is 1.48. The molecule has 1 atom stereocenters. The van der Waals surface area contributed by atoms with Crippen LogP contribution in [-0.4, -0.2) is 48.7 Å². The molecule has 1 aliphatic rings. The lowest BCUT2D eigenvalue weighted by atomic mass is 9.88. The fourth-order valence-electron chi connectivity index (χ4n) is 2.95. The molecule has 1 aromatic carbocycles. The lowest BCUT2D eigenvalue weighted by molar-refractivity contribution is -0.151. The largest absolute Gasteiger partial charge is 0.481 e. The zero-order chi connectivity index (χ0) is 16.6. The van der Waals surface area contributed by atoms with Gasteiger partial charge in [0.1, 0.15) is 5.41 Å². The standard InChI is InChI=1S/C16H16ClNO4S/c1-22-9-16(15(20)21)4-5-18(8-16)14(19)13-7-10-6-11(17)2-3-12(10)23-13/h2-3,6-7H,4-5,8-9H2,1H3,(H,20,21). The molecule has 1 saturated heterocycles. The first-order valence-corrected chi connectivity index (χ1v) is 8.35. The molecule has 1 fully saturated rings. The number of benzene rings is 1. The van der Waals surface area contributed by atoms with E-state index in [4.69, 9.17) is 16.3 Å². The number of rotatable bonds is 4. The Bertz CT molecular complexity index is 775. The Balaban J connectivity index is 1.84. The van der Waals surface area contributed by atoms with Crippen LogP contribution in [0.25, 0.3) is 10.1 Å². The van der Waals surface area contributed by atoms with Gasteiger partial charge in [-0.1, -0.05) is 11.6 Å². The van der Waals surface area contributed by atoms with Crippen LogP contribution in [0, 0.1) is 5.41 Å². The molecule has 1 N–H and O–H groups in total. The van der Waals surface area contributed by atoms with Crippen LogP contribution < -0.4 is 0 Å². The van der Waals surface area contributed by atoms with Gasteiger partial charge in [-0.2, -0.15) is 0 Å². The van der Waals surface area contributed by atoms with Gasteiger partial charge in [-0.25, -0.2) is 0 Å². The van der Waals surface area contributed by atoms with Crippen molar-refractivity contribution in [2.45, 2.75) is 6.42 Å². The molecule has 1 unspecified atom stereocenters. The van der Waals surface area contributed by atoms with Crippen LogP contribution in [-0.2, 0) is 9.53 Å². The fraction of sp³-hybridized carbons (Fsp3) is 0.375. The zero-order valence-corrected chi connectivity index (χ0v) is 14.1. The van der Waals surface area contributed by atoms with Gasteiger partial charge in [-0.15, -0.1) is 11.3 Å². The summed E-state index contributed by atoms with van der Waals surface area (Å²) in [5.74, 6) is -1.06. The number of hydrogen-bond acceptors (Lipinski definition) is 4. The van der Waals surface area contributed by atoms with E-state index in [0.29, 0.717) is 22.9 Å². The number of halogens is 1. The molecular weight excluding hydrogens is 338 g/mol. The minimum absolute atomic E-state index is 0.105. The maximum Gasteiger partial charge on any atom is 0.313 e. The number of aliphatic carboxylic acids is 1. The Kier molecular flexibility index (Phi) is 4.31. The fourth-order valence-corrected chi connectivity index (χ4v) is 4.14. The number of ether oxygens (including phenoxy) is 1. The van der Waals surface area contributed by atoms with Crippen LogP contribution in [0.5, 0.6) is 0 Å². The highest BCUT2D eigenvalue weighted by Gasteiger charge is 2.46. The lowest BCUT2D eigenvalue weighted by Gasteiger charge is -2.23. The first-order chi connectivity index (χ1) is 10.9. The zero-order valence-electron chi connectivity index (χ0n) is 12.5. The third-order valence-corrected chi connectivity index (χ3v) is 5.54. The molecular formula is C16H16ClNO4S. The Morgan fingerprint density at radius 2 is 2.22 bits per heavy atom. The van der Waals surface area contributed by atoms with E-state index in [2.05, 4.69) is 0 Å². The Labute approximate surface area is 142 Å². The van der Waals surface area contributed by atoms with Crippen LogP contribution in [0.4, 0.5) is 0 Å². The van der Waals surface area contributed by atoms with Gasteiger partial charge in [0, 0.05) is 29.9 Å². The molecule has 1 amide bonds. The summed E-state index contributed by atoms with van der Waals surface area (Å²) in [6, 6.07) is 7.31. The van der Waals surface area contributed by atoms with Gasteiger partial charge in [0.25, 0.3) is 5.91 Å². The Hall–Kier alpha value is -1.63. The highest BCUT2D eigenvalue weighted by molar-refractivity contribution is 7.20. The van der Waals surface area contributed by atoms with E-state index in [1.54, 1.807) is 11.0 Å². The van der Waals surface area contributed by atoms with Crippen LogP contribution >= 0.6 is 22.9 Å². The highest BCUT2D eigenvalue weighted by Crippen LogP contribution is 2.34. The number of carboxylic acid groups (broad SMARTS) is 1. The van der Waals surface area contributed by atoms with Crippen LogP contribution in [0.2, 0.25) is 5.02 Å². The average Bonchev–Trinajstić information content (AvgIpc) is 3.11. The number of hydrogen-bond donors (Lipinski definition) is 1. The van der Waals surface area contributed by atoms with E-state index < -0.39 is 11.4 Å². The maximum absolute atomic E-state index is 12.7. The number of likely N-dealkylation sites (tertiary alicyclic amines) is 1. The van der Waals surface area contributed by atoms with E-state index in [9.17, 15) is 14.7 Å². The van der Waals surface area contributed by atoms with Gasteiger partial charge < -0.3 is 14.7 Å². The van der Waals surface area contributed by atoms with Crippen molar-refractivity contribution in [2.75, 3.05) is 26.8 Å². The Morgan fingerprint density at radius 1 is 1.43 bits per heavy atom. The molecule has 2 aromatic rings. The normalized spacial score (nSPS) is 21.0. The summed E-state index contributed by atoms with van der Waals surface area (Å²) >= 11 is 7.37. The molecule has 0 radical (unpaired) electrons. The summed E-state index contributed by atoms with van der Waals surface area (Å²) in [6.07, 6.45) is 0.401. The molecule has 0 saturated carbocycles. The van der Waals surface area contributed by atoms with Gasteiger partial charge >= 0.3 is 5.97 Å². The third-order valence-electron chi connectivity index (χ3n) is 4.20. The number of amides is 1. The van der Waals surface area contributed by atoms with E-state index in [-0.39, 0.29) is 19.1 Å². The second-order valence-corrected chi connectivity index (χ2v) is 7.31. The van der Waals surface area contributed by atoms with Gasteiger partial charge in [-0.3, -0.25) is 9.59 Å². The maximum atomic E-state index is 12.7. The molecule has 1 aromatic heterocycles. The molecule has 2 heterocycles. The van der Waals surface area contributed by atoms with Crippen molar-refractivity contribution in [1.29, 1.82) is 0 Å². The SMILES string of the molecule is COCC1(C(=O)O)CCN(C(=O)c2cc3cc(Cl)ccc3s2)C1. The van der Waals surface area contributed by atoms with E-state index in [0.717, 1.165) is 10.1 Å². The molecule has 122 valence electrons. The van der Waals surface area contributed by atoms with Crippen molar-refractivity contribution in [3.8, 4) is 0 Å². The number of carboxylic acids is 1. The van der Waals surface area contributed by atoms with Crippen LogP contribution in [0.3, 0.4) is 0 Å². The van der Waals surface area contributed by atoms with Crippen molar-refractivity contribution < 1.29 is 19.4 Å². The minimum Gasteiger partial charge on any atom is -0.481 e. The van der Waals surface area contributed by atoms with Crippen LogP contribution in [0.15, 0.2) is 24.3 Å². The van der Waals surface area contributed by atoms with Crippen molar-refractivity contribution >= 4 is 44.9 Å². The smallest absolute Gasteiger partial charge is 0.313 e. The molecule has 1 aliphatic heterocycles. The van der Waals surface area contributed by atoms with Gasteiger partial charge in [0.15, 0.2) is 0 Å². The lowest BCUT2D eigenvalue weighted by Crippen LogP contribution is -2.40. The number of carbonyl (C=O) groups is 2. The topological polar surface area (TPSA) is 66.8 Å². The number of carbonyl (C=O) groups excluding carboxylic acids is 1. The van der Waals surface area contributed by atoms with Gasteiger partial charge in [0.05, 0.1) is 11.5 Å². The molecule has 5 nitrogen and oxygen atoms in total. The number of nitrogens with zero attached hydrogens (tertiary/aromatic N) is 1. The van der Waals surface area contributed by atoms with E-state index in [1.165, 1.54) is 18.4 Å². The Morgan fingerprint density at radius 3 is 2.91 bits per heavy atom. The number of methoxy groups -OCH3 is 1. The monoisotopic (exact) mass is 353 g/mol. The average molecular weight is 354 g/mol. The quantitative estimate of drug-likeness (QED) is 0.917. The molecule has 3 rings (SSSR count). The minimum atomic E-state index is -1.01. The van der Waals surface area contributed by atoms with Crippen molar-refractivity contribution in [2.24, 2.45) is 5.41 Å². The molecule has 0 bridgehead atoms. The first-order valence-electron chi connectivity index (χ1n) is 7.16. The molecule has 7 heteroatoms. The summed E-state index contributed by atoms with van der Waals surface area (Å²) in [4.78, 5) is 26.4. The van der Waals surface area contributed by atoms with Gasteiger partial charge in [-0.05, 0) is 36.1 Å². The van der Waals surface area contributed by atoms with E-state index >= 15 is 0 Å². The number of fused-ring (bicyclic) bond motifs is 1. The summed E-state index contributed by atoms with van der Waals surface area (Å²) in [5, 5.41) is 11.0. The molecule has 23 heavy (non-hydrogen) atoms. The second kappa shape index (κ2) is 6.11. The molecule has 0 spiro atoms. The third kappa shape index (κ3) is 2.94. The van der Waals surface area contributed by atoms with E-state index in [1.807, 2.05) is 18.2 Å². The summed E-state index contributed by atoms with van der Waals surface area (Å²) in [5.41, 5.74) is -1.01. The van der Waals surface area contributed by atoms with Crippen molar-refractivity contribution in [3.05, 3.63) is 34.2 Å². The second-order valence-electron chi connectivity index (χ2n) is 5.79. The van der Waals surface area contributed by atoms with Crippen LogP contribution in [0.1, 0.15) is 16.1 Å². The predicted octanol–water partition coefficient (Wildman–Crippen LogP) is 3.12. The summed E-state index contributed by atoms with van der Waals surface area (Å²) in [6.45, 7) is 0.696. The van der Waals surface area contributed by atoms with Crippen molar-refractivity contribution in [3.63, 3.8) is 0 Å². The summed E-state index contributed by atoms with van der Waals surface area (Å²) < 4.78 is 6.04. The predicted molar refractivity (Wildman–Crippen MR) is 89.3 cm³/mol. The number of thiophene rings is 1. The molecule has 0 aliphatic carbocycles. The first kappa shape index (κ1) is 16.2. The highest BCUT2D eigenvalue weighted by atomic mass is 35.5.